The van der Waals surface area contributed by atoms with Crippen LogP contribution in [-0.2, 0) is 15.9 Å². The van der Waals surface area contributed by atoms with Crippen molar-refractivity contribution in [1.82, 2.24) is 0 Å². The molecule has 166 valence electrons. The van der Waals surface area contributed by atoms with Crippen molar-refractivity contribution in [2.45, 2.75) is 32.0 Å². The molecule has 1 fully saturated rings. The highest BCUT2D eigenvalue weighted by molar-refractivity contribution is 5.71. The SMILES string of the molecule is C=CC1OCC(c2ccc(-c3ccc(-c4ccc(CCC)c(F)c4F)cc3)c(F)c2)CO1. The number of hydrogen-bond donors (Lipinski definition) is 0. The van der Waals surface area contributed by atoms with Gasteiger partial charge in [-0.25, -0.2) is 13.2 Å². The molecule has 0 N–H and O–H groups in total. The third kappa shape index (κ3) is 4.50. The Kier molecular flexibility index (Phi) is 6.77. The Morgan fingerprint density at radius 1 is 0.875 bits per heavy atom. The molecule has 3 aromatic carbocycles. The summed E-state index contributed by atoms with van der Waals surface area (Å²) < 4.78 is 54.8. The van der Waals surface area contributed by atoms with E-state index < -0.39 is 17.9 Å². The predicted octanol–water partition coefficient (Wildman–Crippen LogP) is 7.03. The van der Waals surface area contributed by atoms with E-state index >= 15 is 0 Å². The molecule has 1 saturated heterocycles. The van der Waals surface area contributed by atoms with Crippen LogP contribution < -0.4 is 0 Å². The molecule has 0 spiro atoms. The summed E-state index contributed by atoms with van der Waals surface area (Å²) in [5, 5.41) is 0. The van der Waals surface area contributed by atoms with Crippen molar-refractivity contribution in [3.63, 3.8) is 0 Å². The van der Waals surface area contributed by atoms with Gasteiger partial charge in [-0.05, 0) is 40.8 Å². The fourth-order valence-electron chi connectivity index (χ4n) is 3.97. The van der Waals surface area contributed by atoms with Crippen molar-refractivity contribution < 1.29 is 22.6 Å². The lowest BCUT2D eigenvalue weighted by atomic mass is 9.95. The maximum Gasteiger partial charge on any atom is 0.176 e. The Hall–Kier alpha value is -2.89. The molecule has 1 aliphatic rings. The molecular formula is C27H25F3O2. The topological polar surface area (TPSA) is 18.5 Å². The van der Waals surface area contributed by atoms with Crippen molar-refractivity contribution in [3.05, 3.63) is 95.8 Å². The average Bonchev–Trinajstić information content (AvgIpc) is 2.82. The second-order valence-electron chi connectivity index (χ2n) is 7.93. The molecule has 0 aromatic heterocycles. The van der Waals surface area contributed by atoms with Crippen LogP contribution in [0, 0.1) is 17.5 Å². The van der Waals surface area contributed by atoms with Gasteiger partial charge in [0, 0.05) is 17.0 Å². The number of aryl methyl sites for hydroxylation is 1. The minimum Gasteiger partial charge on any atom is -0.348 e. The summed E-state index contributed by atoms with van der Waals surface area (Å²) in [4.78, 5) is 0. The van der Waals surface area contributed by atoms with Crippen LogP contribution in [0.5, 0.6) is 0 Å². The first-order valence-corrected chi connectivity index (χ1v) is 10.7. The van der Waals surface area contributed by atoms with E-state index in [2.05, 4.69) is 6.58 Å². The van der Waals surface area contributed by atoms with Gasteiger partial charge in [-0.1, -0.05) is 68.5 Å². The molecule has 1 aliphatic heterocycles. The normalized spacial score (nSPS) is 18.5. The van der Waals surface area contributed by atoms with Crippen molar-refractivity contribution in [3.8, 4) is 22.3 Å². The molecule has 0 unspecified atom stereocenters. The van der Waals surface area contributed by atoms with Crippen LogP contribution in [-0.4, -0.2) is 19.5 Å². The Morgan fingerprint density at radius 2 is 1.50 bits per heavy atom. The molecular weight excluding hydrogens is 413 g/mol. The fourth-order valence-corrected chi connectivity index (χ4v) is 3.97. The molecule has 4 rings (SSSR count). The van der Waals surface area contributed by atoms with E-state index in [0.29, 0.717) is 41.9 Å². The van der Waals surface area contributed by atoms with Crippen molar-refractivity contribution in [2.24, 2.45) is 0 Å². The Morgan fingerprint density at radius 3 is 2.09 bits per heavy atom. The minimum absolute atomic E-state index is 0.0503. The van der Waals surface area contributed by atoms with Crippen molar-refractivity contribution >= 4 is 0 Å². The number of ether oxygens (including phenoxy) is 2. The second kappa shape index (κ2) is 9.72. The van der Waals surface area contributed by atoms with E-state index in [1.807, 2.05) is 13.0 Å². The smallest absolute Gasteiger partial charge is 0.176 e. The minimum atomic E-state index is -0.852. The summed E-state index contributed by atoms with van der Waals surface area (Å²) in [6.45, 7) is 6.43. The van der Waals surface area contributed by atoms with Gasteiger partial charge in [0.25, 0.3) is 0 Å². The summed E-state index contributed by atoms with van der Waals surface area (Å²) in [7, 11) is 0. The monoisotopic (exact) mass is 438 g/mol. The molecule has 0 atom stereocenters. The van der Waals surface area contributed by atoms with E-state index in [1.165, 1.54) is 6.07 Å². The summed E-state index contributed by atoms with van der Waals surface area (Å²) in [5.41, 5.74) is 3.01. The van der Waals surface area contributed by atoms with Crippen LogP contribution in [0.3, 0.4) is 0 Å². The molecule has 0 radical (unpaired) electrons. The molecule has 0 aliphatic carbocycles. The van der Waals surface area contributed by atoms with E-state index in [-0.39, 0.29) is 17.3 Å². The molecule has 1 heterocycles. The lowest BCUT2D eigenvalue weighted by Crippen LogP contribution is -2.29. The summed E-state index contributed by atoms with van der Waals surface area (Å²) in [6.07, 6.45) is 2.40. The van der Waals surface area contributed by atoms with Gasteiger partial charge in [0.1, 0.15) is 5.82 Å². The fraction of sp³-hybridized carbons (Fsp3) is 0.259. The van der Waals surface area contributed by atoms with Crippen molar-refractivity contribution in [2.75, 3.05) is 13.2 Å². The zero-order valence-corrected chi connectivity index (χ0v) is 17.9. The van der Waals surface area contributed by atoms with Gasteiger partial charge >= 0.3 is 0 Å². The standard InChI is InChI=1S/C27H25F3O2/c1-3-5-19-10-13-23(27(30)26(19)29)18-8-6-17(7-9-18)22-12-11-20(14-24(22)28)21-15-31-25(4-2)32-16-21/h4,6-14,21,25H,2-3,5,15-16H2,1H3. The molecule has 2 nitrogen and oxygen atoms in total. The Bertz CT molecular complexity index is 1100. The van der Waals surface area contributed by atoms with Gasteiger partial charge in [0.15, 0.2) is 17.9 Å². The molecule has 0 bridgehead atoms. The highest BCUT2D eigenvalue weighted by Gasteiger charge is 2.22. The lowest BCUT2D eigenvalue weighted by molar-refractivity contribution is -0.159. The van der Waals surface area contributed by atoms with E-state index in [1.54, 1.807) is 48.5 Å². The first kappa shape index (κ1) is 22.3. The summed E-state index contributed by atoms with van der Waals surface area (Å²) in [5.74, 6) is -2.06. The Labute approximate surface area is 186 Å². The molecule has 0 saturated carbocycles. The molecule has 3 aromatic rings. The third-order valence-electron chi connectivity index (χ3n) is 5.77. The van der Waals surface area contributed by atoms with Crippen LogP contribution in [0.1, 0.15) is 30.4 Å². The van der Waals surface area contributed by atoms with Crippen LogP contribution in [0.15, 0.2) is 67.3 Å². The number of benzene rings is 3. The largest absolute Gasteiger partial charge is 0.348 e. The number of halogens is 3. The maximum absolute atomic E-state index is 14.9. The summed E-state index contributed by atoms with van der Waals surface area (Å²) >= 11 is 0. The van der Waals surface area contributed by atoms with Gasteiger partial charge in [0.2, 0.25) is 0 Å². The zero-order valence-electron chi connectivity index (χ0n) is 17.9. The number of hydrogen-bond acceptors (Lipinski definition) is 2. The highest BCUT2D eigenvalue weighted by Crippen LogP contribution is 2.32. The predicted molar refractivity (Wildman–Crippen MR) is 120 cm³/mol. The van der Waals surface area contributed by atoms with Gasteiger partial charge in [-0.2, -0.15) is 0 Å². The van der Waals surface area contributed by atoms with Crippen LogP contribution in [0.4, 0.5) is 13.2 Å². The quantitative estimate of drug-likeness (QED) is 0.385. The van der Waals surface area contributed by atoms with Gasteiger partial charge in [-0.3, -0.25) is 0 Å². The average molecular weight is 438 g/mol. The molecule has 0 amide bonds. The number of rotatable bonds is 6. The van der Waals surface area contributed by atoms with E-state index in [9.17, 15) is 13.2 Å². The van der Waals surface area contributed by atoms with Gasteiger partial charge < -0.3 is 9.47 Å². The van der Waals surface area contributed by atoms with Crippen LogP contribution in [0.25, 0.3) is 22.3 Å². The van der Waals surface area contributed by atoms with Crippen molar-refractivity contribution in [1.29, 1.82) is 0 Å². The Balaban J connectivity index is 1.55. The van der Waals surface area contributed by atoms with E-state index in [4.69, 9.17) is 9.47 Å². The van der Waals surface area contributed by atoms with E-state index in [0.717, 1.165) is 12.0 Å². The third-order valence-corrected chi connectivity index (χ3v) is 5.77. The highest BCUT2D eigenvalue weighted by atomic mass is 19.2. The second-order valence-corrected chi connectivity index (χ2v) is 7.93. The molecule has 5 heteroatoms. The maximum atomic E-state index is 14.9. The summed E-state index contributed by atoms with van der Waals surface area (Å²) in [6, 6.07) is 15.1. The first-order chi connectivity index (χ1) is 15.5. The first-order valence-electron chi connectivity index (χ1n) is 10.7. The van der Waals surface area contributed by atoms with Crippen LogP contribution in [0.2, 0.25) is 0 Å². The zero-order chi connectivity index (χ0) is 22.7. The molecule has 32 heavy (non-hydrogen) atoms. The van der Waals surface area contributed by atoms with Gasteiger partial charge in [0.05, 0.1) is 13.2 Å². The van der Waals surface area contributed by atoms with Crippen LogP contribution >= 0.6 is 0 Å². The lowest BCUT2D eigenvalue weighted by Gasteiger charge is -2.28. The van der Waals surface area contributed by atoms with Gasteiger partial charge in [-0.15, -0.1) is 0 Å².